The smallest absolute Gasteiger partial charge is 0.299 e. The van der Waals surface area contributed by atoms with Crippen molar-refractivity contribution >= 4 is 52.3 Å². The normalized spacial score (nSPS) is 21.9. The van der Waals surface area contributed by atoms with Crippen molar-refractivity contribution in [3.8, 4) is 5.75 Å². The molecule has 1 saturated heterocycles. The number of aromatic hydroxyl groups is 1. The fraction of sp³-hybridized carbons (Fsp3) is 0.391. The summed E-state index contributed by atoms with van der Waals surface area (Å²) in [6, 6.07) is 11.8. The van der Waals surface area contributed by atoms with E-state index < -0.39 is 0 Å². The molecule has 0 unspecified atom stereocenters. The van der Waals surface area contributed by atoms with Crippen LogP contribution >= 0.6 is 35.0 Å². The molecule has 0 spiro atoms. The first kappa shape index (κ1) is 23.2. The van der Waals surface area contributed by atoms with Crippen molar-refractivity contribution in [2.45, 2.75) is 38.6 Å². The van der Waals surface area contributed by atoms with Crippen LogP contribution in [0.3, 0.4) is 0 Å². The molecule has 0 aliphatic carbocycles. The number of hydrazine groups is 1. The lowest BCUT2D eigenvalue weighted by Crippen LogP contribution is -2.44. The number of halogens is 3. The molecule has 2 heterocycles. The van der Waals surface area contributed by atoms with E-state index in [1.807, 2.05) is 24.1 Å². The quantitative estimate of drug-likeness (QED) is 0.526. The lowest BCUT2D eigenvalue weighted by molar-refractivity contribution is -0.130. The van der Waals surface area contributed by atoms with Crippen molar-refractivity contribution in [3.05, 3.63) is 58.1 Å². The predicted molar refractivity (Wildman–Crippen MR) is 129 cm³/mol. The van der Waals surface area contributed by atoms with Crippen LogP contribution in [0.25, 0.3) is 0 Å². The Morgan fingerprint density at radius 1 is 1.06 bits per heavy atom. The van der Waals surface area contributed by atoms with E-state index in [4.69, 9.17) is 40.1 Å². The van der Waals surface area contributed by atoms with Gasteiger partial charge in [0.15, 0.2) is 0 Å². The van der Waals surface area contributed by atoms with Gasteiger partial charge in [0.05, 0.1) is 16.8 Å². The van der Waals surface area contributed by atoms with Gasteiger partial charge in [0, 0.05) is 35.8 Å². The number of rotatable bonds is 4. The number of benzene rings is 2. The molecule has 170 valence electrons. The van der Waals surface area contributed by atoms with Crippen LogP contribution in [0.1, 0.15) is 44.2 Å². The Morgan fingerprint density at radius 3 is 2.34 bits per heavy atom. The van der Waals surface area contributed by atoms with Crippen LogP contribution in [0.15, 0.2) is 47.6 Å². The Hall–Kier alpha value is -1.99. The number of carbonyl (C=O) groups is 1. The monoisotopic (exact) mass is 494 g/mol. The Morgan fingerprint density at radius 2 is 1.72 bits per heavy atom. The highest BCUT2D eigenvalue weighted by Crippen LogP contribution is 2.43. The van der Waals surface area contributed by atoms with E-state index in [9.17, 15) is 9.90 Å². The number of hydrazone groups is 1. The Balaban J connectivity index is 1.70. The number of phenols is 1. The molecule has 32 heavy (non-hydrogen) atoms. The van der Waals surface area contributed by atoms with Gasteiger partial charge in [-0.1, -0.05) is 55.1 Å². The van der Waals surface area contributed by atoms with Crippen LogP contribution < -0.4 is 5.01 Å². The lowest BCUT2D eigenvalue weighted by Gasteiger charge is -2.29. The topological polar surface area (TPSA) is 59.4 Å². The molecule has 0 radical (unpaired) electrons. The maximum Gasteiger partial charge on any atom is 0.299 e. The molecule has 2 atom stereocenters. The molecular weight excluding hydrogens is 471 g/mol. The van der Waals surface area contributed by atoms with Crippen molar-refractivity contribution in [2.75, 3.05) is 18.1 Å². The minimum absolute atomic E-state index is 0.167. The summed E-state index contributed by atoms with van der Waals surface area (Å²) in [5.41, 5.74) is 1.89. The number of hydrogen-bond acceptors (Lipinski definition) is 5. The minimum Gasteiger partial charge on any atom is -0.508 e. The molecule has 0 aromatic heterocycles. The summed E-state index contributed by atoms with van der Waals surface area (Å²) in [6.45, 7) is 3.43. The SMILES string of the molecule is C[C@@H]1C(C(=O)N(Cl)N2CCCCCC2)=NN(c2ccc(Cl)cc2Cl)[C@H]1c1ccc(O)cc1. The summed E-state index contributed by atoms with van der Waals surface area (Å²) in [5, 5.41) is 19.0. The molecule has 2 aliphatic heterocycles. The maximum absolute atomic E-state index is 13.4. The number of nitrogens with zero attached hydrogens (tertiary/aromatic N) is 4. The molecule has 1 fully saturated rings. The van der Waals surface area contributed by atoms with Crippen LogP contribution in [0, 0.1) is 5.92 Å². The molecule has 6 nitrogen and oxygen atoms in total. The first-order valence-electron chi connectivity index (χ1n) is 10.7. The zero-order valence-corrected chi connectivity index (χ0v) is 20.0. The second-order valence-electron chi connectivity index (χ2n) is 8.18. The minimum atomic E-state index is -0.336. The third kappa shape index (κ3) is 4.69. The van der Waals surface area contributed by atoms with Crippen LogP contribution in [-0.4, -0.2) is 39.4 Å². The van der Waals surface area contributed by atoms with Gasteiger partial charge in [-0.3, -0.25) is 9.80 Å². The first-order valence-corrected chi connectivity index (χ1v) is 11.8. The zero-order valence-electron chi connectivity index (χ0n) is 17.7. The van der Waals surface area contributed by atoms with Gasteiger partial charge in [0.25, 0.3) is 5.91 Å². The summed E-state index contributed by atoms with van der Waals surface area (Å²) in [7, 11) is 0. The molecule has 2 aromatic carbocycles. The summed E-state index contributed by atoms with van der Waals surface area (Å²) in [6.07, 6.45) is 4.28. The third-order valence-corrected chi connectivity index (χ3v) is 6.90. The number of phenolic OH excluding ortho intramolecular Hbond substituents is 1. The maximum atomic E-state index is 13.4. The summed E-state index contributed by atoms with van der Waals surface area (Å²) in [5.74, 6) is -0.440. The van der Waals surface area contributed by atoms with Crippen LogP contribution in [-0.2, 0) is 4.79 Å². The first-order chi connectivity index (χ1) is 15.4. The average molecular weight is 496 g/mol. The molecular formula is C23H25Cl3N4O2. The molecule has 2 aliphatic rings. The van der Waals surface area contributed by atoms with E-state index in [0.717, 1.165) is 44.3 Å². The predicted octanol–water partition coefficient (Wildman–Crippen LogP) is 6.03. The Bertz CT molecular complexity index is 1010. The second-order valence-corrected chi connectivity index (χ2v) is 9.35. The van der Waals surface area contributed by atoms with E-state index in [1.54, 1.807) is 35.3 Å². The molecule has 0 bridgehead atoms. The fourth-order valence-corrected chi connectivity index (χ4v) is 5.03. The van der Waals surface area contributed by atoms with E-state index in [1.165, 1.54) is 4.53 Å². The standard InChI is InChI=1S/C23H25Cl3N4O2/c1-15-21(23(32)30(26)28-12-4-2-3-5-13-28)27-29(20-11-8-17(24)14-19(20)25)22(15)16-6-9-18(31)10-7-16/h6-11,14-15,22,31H,2-5,12-13H2,1H3/t15-,22-/m1/s1. The third-order valence-electron chi connectivity index (χ3n) is 5.99. The van der Waals surface area contributed by atoms with Gasteiger partial charge in [-0.2, -0.15) is 9.63 Å². The highest BCUT2D eigenvalue weighted by Gasteiger charge is 2.42. The molecule has 4 rings (SSSR count). The van der Waals surface area contributed by atoms with Gasteiger partial charge in [0.1, 0.15) is 11.5 Å². The zero-order chi connectivity index (χ0) is 22.8. The lowest BCUT2D eigenvalue weighted by atomic mass is 9.91. The number of anilines is 1. The van der Waals surface area contributed by atoms with Crippen molar-refractivity contribution < 1.29 is 9.90 Å². The molecule has 0 saturated carbocycles. The summed E-state index contributed by atoms with van der Waals surface area (Å²) >= 11 is 19.1. The van der Waals surface area contributed by atoms with Crippen molar-refractivity contribution in [2.24, 2.45) is 11.0 Å². The van der Waals surface area contributed by atoms with Gasteiger partial charge in [-0.05, 0) is 48.7 Å². The Kier molecular flexibility index (Phi) is 7.15. The van der Waals surface area contributed by atoms with Crippen LogP contribution in [0.5, 0.6) is 5.75 Å². The van der Waals surface area contributed by atoms with Crippen molar-refractivity contribution in [1.82, 2.24) is 9.54 Å². The van der Waals surface area contributed by atoms with Crippen molar-refractivity contribution in [1.29, 1.82) is 0 Å². The Labute approximate surface area is 203 Å². The summed E-state index contributed by atoms with van der Waals surface area (Å²) < 4.78 is 1.20. The van der Waals surface area contributed by atoms with Gasteiger partial charge in [0.2, 0.25) is 0 Å². The largest absolute Gasteiger partial charge is 0.508 e. The number of hydrogen-bond donors (Lipinski definition) is 1. The number of carbonyl (C=O) groups excluding carboxylic acids is 1. The van der Waals surface area contributed by atoms with Crippen molar-refractivity contribution in [3.63, 3.8) is 0 Å². The molecule has 1 amide bonds. The fourth-order valence-electron chi connectivity index (χ4n) is 4.29. The molecule has 9 heteroatoms. The van der Waals surface area contributed by atoms with E-state index >= 15 is 0 Å². The highest BCUT2D eigenvalue weighted by molar-refractivity contribution is 6.46. The second kappa shape index (κ2) is 9.87. The van der Waals surface area contributed by atoms with Gasteiger partial charge in [-0.25, -0.2) is 5.01 Å². The highest BCUT2D eigenvalue weighted by atomic mass is 35.5. The average Bonchev–Trinajstić information content (AvgIpc) is 2.94. The number of amides is 1. The van der Waals surface area contributed by atoms with E-state index in [2.05, 4.69) is 0 Å². The van der Waals surface area contributed by atoms with Gasteiger partial charge < -0.3 is 5.11 Å². The van der Waals surface area contributed by atoms with E-state index in [-0.39, 0.29) is 23.6 Å². The van der Waals surface area contributed by atoms with Gasteiger partial charge in [-0.15, -0.1) is 0 Å². The van der Waals surface area contributed by atoms with Crippen LogP contribution in [0.4, 0.5) is 5.69 Å². The van der Waals surface area contributed by atoms with Crippen LogP contribution in [0.2, 0.25) is 10.0 Å². The molecule has 2 aromatic rings. The van der Waals surface area contributed by atoms with E-state index in [0.29, 0.717) is 21.4 Å². The molecule has 1 N–H and O–H groups in total. The summed E-state index contributed by atoms with van der Waals surface area (Å²) in [4.78, 5) is 13.4. The van der Waals surface area contributed by atoms with Gasteiger partial charge >= 0.3 is 0 Å².